The lowest BCUT2D eigenvalue weighted by atomic mass is 9.86. The summed E-state index contributed by atoms with van der Waals surface area (Å²) in [5, 5.41) is 18.0. The zero-order valence-corrected chi connectivity index (χ0v) is 76.0. The number of carbonyl (C=O) groups is 3. The summed E-state index contributed by atoms with van der Waals surface area (Å²) in [6.07, 6.45) is 1.43. The standard InChI is InChI=1S/C25H33F4N5O.C24H32F3N5O2.C23H25F4N5O2.C23H22F4N4/c1-24(2,3)13-18(20-14-30-10-12-35-20)33-22-21(26)23(32-15-31-22)34-11-4-5-19(34)16-6-8-17(9-7-16)25(27,28)29;1-23(2,3)12-16(20(28)33)31-21-19(25)22(30-13-29-21)32-10-6-7-17(32)15-9-8-14(24(4,26)27)11-18(15)34-5;1-13(33)17(11-15-8-9-28-22(15)34)31-20-19(24)21(30-12-29-20)32-10-2-3-18(32)14-4-6-16(7-5-14)23(25,26)27;1-15-4-5-16(13-29-15)14-30-22-21(24)20(10-11-28-22)31-12-2-3-19(31)17-6-8-18(9-7-17)23(25,26)27/h6-9,15,18-20,30H,4-5,10-14H2,1-3H3,(H,31,32,33);8-9,11,13,16-17H,6-7,10,12H2,1-5H3,(H2,28,33)(H,29,30,31);4-7,12,15,17-18H,2-3,8-11H2,1H3,(H,28,34)(H,29,30,31);4-11,13,19H,2-3,12,14H2,1H3,(H,28,30). The zero-order valence-electron chi connectivity index (χ0n) is 76.0. The van der Waals surface area contributed by atoms with Crippen molar-refractivity contribution < 1.29 is 89.7 Å². The maximum atomic E-state index is 15.8. The molecule has 8 N–H and O–H groups in total. The second-order valence-electron chi connectivity index (χ2n) is 36.7. The molecule has 0 saturated carbocycles. The van der Waals surface area contributed by atoms with Gasteiger partial charge < -0.3 is 66.7 Å². The molecule has 9 atom stereocenters. The number of amides is 2. The van der Waals surface area contributed by atoms with E-state index in [-0.39, 0.29) is 117 Å². The Labute approximate surface area is 767 Å². The molecular formula is C95H112F15N19O5. The van der Waals surface area contributed by atoms with Gasteiger partial charge in [-0.3, -0.25) is 19.4 Å². The summed E-state index contributed by atoms with van der Waals surface area (Å²) in [4.78, 5) is 76.2. The Balaban J connectivity index is 0.000000161. The average Bonchev–Trinajstić information content (AvgIpc) is 1.58. The fraction of sp³-hybridized carbons (Fsp3) is 0.484. The lowest BCUT2D eigenvalue weighted by molar-refractivity contribution is -0.138. The molecule has 6 fully saturated rings. The van der Waals surface area contributed by atoms with Crippen molar-refractivity contribution in [3.05, 3.63) is 220 Å². The number of anilines is 8. The minimum Gasteiger partial charge on any atom is -0.496 e. The van der Waals surface area contributed by atoms with E-state index >= 15 is 17.6 Å². The van der Waals surface area contributed by atoms with Crippen LogP contribution in [0.25, 0.3) is 0 Å². The maximum absolute atomic E-state index is 15.8. The first-order valence-electron chi connectivity index (χ1n) is 44.5. The number of hydrogen-bond donors (Lipinski definition) is 7. The van der Waals surface area contributed by atoms with Crippen molar-refractivity contribution in [3.8, 4) is 5.75 Å². The Morgan fingerprint density at radius 1 is 0.522 bits per heavy atom. The molecule has 2 amide bonds. The summed E-state index contributed by atoms with van der Waals surface area (Å²) in [7, 11) is 1.42. The van der Waals surface area contributed by atoms with Crippen LogP contribution in [0.1, 0.15) is 212 Å². The zero-order chi connectivity index (χ0) is 96.9. The van der Waals surface area contributed by atoms with E-state index < -0.39 is 82.4 Å². The summed E-state index contributed by atoms with van der Waals surface area (Å²) in [5.41, 5.74) is 7.93. The number of halogens is 15. The van der Waals surface area contributed by atoms with E-state index in [9.17, 15) is 62.7 Å². The van der Waals surface area contributed by atoms with Gasteiger partial charge in [0.2, 0.25) is 29.3 Å². The van der Waals surface area contributed by atoms with Crippen LogP contribution < -0.4 is 62.0 Å². The summed E-state index contributed by atoms with van der Waals surface area (Å²) < 4.78 is 217. The topological polar surface area (TPSA) is 284 Å². The van der Waals surface area contributed by atoms with Crippen LogP contribution in [-0.2, 0) is 50.1 Å². The third kappa shape index (κ3) is 26.0. The Morgan fingerprint density at radius 2 is 0.978 bits per heavy atom. The smallest absolute Gasteiger partial charge is 0.416 e. The number of aryl methyl sites for hydroxylation is 1. The molecule has 6 aliphatic heterocycles. The first kappa shape index (κ1) is 101. The molecule has 11 heterocycles. The van der Waals surface area contributed by atoms with Crippen LogP contribution in [0, 0.1) is 46.9 Å². The Bertz CT molecular complexity index is 5450. The van der Waals surface area contributed by atoms with Crippen LogP contribution in [0.4, 0.5) is 112 Å². The number of pyridine rings is 2. The highest BCUT2D eigenvalue weighted by molar-refractivity contribution is 5.87. The van der Waals surface area contributed by atoms with Gasteiger partial charge in [-0.2, -0.15) is 52.7 Å². The van der Waals surface area contributed by atoms with Gasteiger partial charge in [0.15, 0.2) is 52.3 Å². The minimum atomic E-state index is -4.43. The van der Waals surface area contributed by atoms with Gasteiger partial charge in [0.25, 0.3) is 5.92 Å². The van der Waals surface area contributed by atoms with E-state index in [4.69, 9.17) is 15.2 Å². The Kier molecular flexibility index (Phi) is 32.6. The Hall–Kier alpha value is -11.9. The minimum absolute atomic E-state index is 0.0146. The average molecular weight is 1890 g/mol. The lowest BCUT2D eigenvalue weighted by Crippen LogP contribution is -2.49. The Morgan fingerprint density at radius 3 is 1.40 bits per heavy atom. The summed E-state index contributed by atoms with van der Waals surface area (Å²) in [6.45, 7) is 21.4. The van der Waals surface area contributed by atoms with Gasteiger partial charge in [-0.15, -0.1) is 0 Å². The predicted molar refractivity (Wildman–Crippen MR) is 479 cm³/mol. The number of aromatic nitrogens is 8. The molecule has 24 nitrogen and oxygen atoms in total. The molecule has 6 aliphatic rings. The SMILES string of the molecule is CC(=O)C(CC1CCNC1=O)Nc1ncnc(N2CCCC2c2ccc(C(F)(F)F)cc2)c1F.CC(C)(C)CC(Nc1ncnc(N2CCCC2c2ccc(C(F)(F)F)cc2)c1F)C1CNCCO1.COc1cc(C(C)(F)F)ccc1C1CCCN1c1ncnc(NC(CC(C)(C)C)C(N)=O)c1F.Cc1ccc(CNc2nccc(N3CCCC3c3ccc(C(F)(F)F)cc3)c2F)cn1. The molecule has 4 aromatic carbocycles. The number of rotatable bonds is 26. The number of ether oxygens (including phenoxy) is 2. The summed E-state index contributed by atoms with van der Waals surface area (Å²) in [5.74, 6) is -6.30. The highest BCUT2D eigenvalue weighted by atomic mass is 19.4. The molecule has 9 unspecified atom stereocenters. The van der Waals surface area contributed by atoms with Crippen molar-refractivity contribution in [1.82, 2.24) is 50.5 Å². The summed E-state index contributed by atoms with van der Waals surface area (Å²) in [6, 6.07) is 21.9. The van der Waals surface area contributed by atoms with Gasteiger partial charge in [0, 0.05) is 94.4 Å². The van der Waals surface area contributed by atoms with Crippen molar-refractivity contribution in [2.75, 3.05) is 100 Å². The first-order chi connectivity index (χ1) is 63.3. The fourth-order valence-electron chi connectivity index (χ4n) is 17.6. The molecule has 0 bridgehead atoms. The molecule has 0 radical (unpaired) electrons. The molecule has 39 heteroatoms. The number of Topliss-reactive ketones (excluding diaryl/α,β-unsaturated/α-hetero) is 1. The monoisotopic (exact) mass is 1880 g/mol. The van der Waals surface area contributed by atoms with Crippen LogP contribution in [-0.4, -0.2) is 141 Å². The molecule has 15 rings (SSSR count). The van der Waals surface area contributed by atoms with Crippen LogP contribution in [0.2, 0.25) is 0 Å². The number of primary amides is 1. The predicted octanol–water partition coefficient (Wildman–Crippen LogP) is 19.7. The number of morpholine rings is 1. The van der Waals surface area contributed by atoms with Gasteiger partial charge in [0.1, 0.15) is 30.8 Å². The number of alkyl halides is 11. The number of benzene rings is 4. The fourth-order valence-corrected chi connectivity index (χ4v) is 17.6. The number of carbonyl (C=O) groups excluding carboxylic acids is 3. The second-order valence-corrected chi connectivity index (χ2v) is 36.7. The number of nitrogens with zero attached hydrogens (tertiary/aromatic N) is 12. The van der Waals surface area contributed by atoms with E-state index in [2.05, 4.69) is 92.5 Å². The van der Waals surface area contributed by atoms with Crippen molar-refractivity contribution in [1.29, 1.82) is 0 Å². The molecule has 0 aliphatic carbocycles. The van der Waals surface area contributed by atoms with E-state index in [1.807, 2.05) is 49.6 Å². The normalized spacial score (nSPS) is 19.5. The van der Waals surface area contributed by atoms with Crippen LogP contribution >= 0.6 is 0 Å². The van der Waals surface area contributed by atoms with Gasteiger partial charge in [-0.05, 0) is 179 Å². The molecule has 9 aromatic rings. The van der Waals surface area contributed by atoms with Crippen LogP contribution in [0.5, 0.6) is 5.75 Å². The van der Waals surface area contributed by atoms with Crippen molar-refractivity contribution >= 4 is 64.0 Å². The third-order valence-corrected chi connectivity index (χ3v) is 24.2. The number of nitrogens with two attached hydrogens (primary N) is 1. The molecule has 6 saturated heterocycles. The summed E-state index contributed by atoms with van der Waals surface area (Å²) >= 11 is 0. The quantitative estimate of drug-likeness (QED) is 0.0248. The lowest BCUT2D eigenvalue weighted by Gasteiger charge is -2.35. The van der Waals surface area contributed by atoms with Gasteiger partial charge in [0.05, 0.1) is 78.4 Å². The van der Waals surface area contributed by atoms with Crippen LogP contribution in [0.3, 0.4) is 0 Å². The van der Waals surface area contributed by atoms with E-state index in [0.29, 0.717) is 119 Å². The highest BCUT2D eigenvalue weighted by Crippen LogP contribution is 2.47. The van der Waals surface area contributed by atoms with Crippen molar-refractivity contribution in [2.45, 2.75) is 219 Å². The van der Waals surface area contributed by atoms with Crippen molar-refractivity contribution in [2.24, 2.45) is 22.5 Å². The van der Waals surface area contributed by atoms with E-state index in [1.54, 1.807) is 28.1 Å². The maximum Gasteiger partial charge on any atom is 0.416 e. The highest BCUT2D eigenvalue weighted by Gasteiger charge is 2.42. The van der Waals surface area contributed by atoms with Gasteiger partial charge in [-0.1, -0.05) is 96.1 Å². The van der Waals surface area contributed by atoms with Gasteiger partial charge in [-0.25, -0.2) is 48.1 Å². The number of methoxy groups -OCH3 is 1. The van der Waals surface area contributed by atoms with E-state index in [0.717, 1.165) is 98.8 Å². The second kappa shape index (κ2) is 43.2. The van der Waals surface area contributed by atoms with Crippen molar-refractivity contribution in [3.63, 3.8) is 0 Å². The number of ketones is 1. The van der Waals surface area contributed by atoms with E-state index in [1.165, 1.54) is 87.7 Å². The molecule has 5 aromatic heterocycles. The largest absolute Gasteiger partial charge is 0.496 e. The van der Waals surface area contributed by atoms with Crippen LogP contribution in [0.15, 0.2) is 141 Å². The number of nitrogens with one attached hydrogen (secondary N) is 6. The van der Waals surface area contributed by atoms with Gasteiger partial charge >= 0.3 is 18.5 Å². The number of hydrogen-bond acceptors (Lipinski definition) is 22. The molecule has 134 heavy (non-hydrogen) atoms. The first-order valence-corrected chi connectivity index (χ1v) is 44.5. The molecule has 722 valence electrons. The molecular weight excluding hydrogens is 1770 g/mol. The third-order valence-electron chi connectivity index (χ3n) is 24.2. The molecule has 0 spiro atoms.